The fourth-order valence-electron chi connectivity index (χ4n) is 3.71. The molecule has 3 aromatic rings. The van der Waals surface area contributed by atoms with Gasteiger partial charge in [-0.1, -0.05) is 56.2 Å². The second-order valence-corrected chi connectivity index (χ2v) is 6.65. The van der Waals surface area contributed by atoms with Gasteiger partial charge in [0.15, 0.2) is 0 Å². The molecule has 3 heteroatoms. The highest BCUT2D eigenvalue weighted by molar-refractivity contribution is 6.13. The number of para-hydroxylation sites is 1. The lowest BCUT2D eigenvalue weighted by Gasteiger charge is -2.17. The van der Waals surface area contributed by atoms with E-state index in [4.69, 9.17) is 0 Å². The number of hydrogen-bond acceptors (Lipinski definition) is 2. The van der Waals surface area contributed by atoms with Crippen molar-refractivity contribution in [3.8, 4) is 0 Å². The van der Waals surface area contributed by atoms with Crippen LogP contribution in [0.5, 0.6) is 0 Å². The van der Waals surface area contributed by atoms with E-state index in [9.17, 15) is 4.79 Å². The number of anilines is 1. The minimum Gasteiger partial charge on any atom is -0.302 e. The highest BCUT2D eigenvalue weighted by atomic mass is 16.2. The van der Waals surface area contributed by atoms with Crippen molar-refractivity contribution in [2.75, 3.05) is 4.90 Å². The average molecular weight is 330 g/mol. The predicted octanol–water partition coefficient (Wildman–Crippen LogP) is 5.13. The van der Waals surface area contributed by atoms with Crippen LogP contribution in [0.3, 0.4) is 0 Å². The van der Waals surface area contributed by atoms with Gasteiger partial charge in [0.1, 0.15) is 0 Å². The number of benzene rings is 2. The summed E-state index contributed by atoms with van der Waals surface area (Å²) in [4.78, 5) is 19.6. The Morgan fingerprint density at radius 1 is 1.04 bits per heavy atom. The summed E-state index contributed by atoms with van der Waals surface area (Å²) in [6.45, 7) is 2.83. The molecule has 0 fully saturated rings. The highest BCUT2D eigenvalue weighted by Gasteiger charge is 2.31. The maximum Gasteiger partial charge on any atom is 0.259 e. The topological polar surface area (TPSA) is 33.2 Å². The average Bonchev–Trinajstić information content (AvgIpc) is 2.99. The third-order valence-electron chi connectivity index (χ3n) is 4.98. The van der Waals surface area contributed by atoms with E-state index < -0.39 is 0 Å². The van der Waals surface area contributed by atoms with Gasteiger partial charge in [-0.15, -0.1) is 0 Å². The molecule has 126 valence electrons. The molecule has 0 N–H and O–H groups in total. The minimum atomic E-state index is 0.111. The number of fused-ring (bicyclic) bond motifs is 2. The van der Waals surface area contributed by atoms with E-state index in [1.54, 1.807) is 6.20 Å². The van der Waals surface area contributed by atoms with Crippen LogP contribution in [-0.2, 0) is 13.0 Å². The Labute approximate surface area is 148 Å². The molecule has 0 unspecified atom stereocenters. The van der Waals surface area contributed by atoms with Gasteiger partial charge in [0, 0.05) is 17.1 Å². The Bertz CT molecular complexity index is 927. The van der Waals surface area contributed by atoms with Crippen LogP contribution in [0.25, 0.3) is 10.9 Å². The van der Waals surface area contributed by atoms with E-state index in [1.165, 1.54) is 18.4 Å². The fraction of sp³-hybridized carbons (Fsp3) is 0.273. The van der Waals surface area contributed by atoms with Crippen molar-refractivity contribution in [3.63, 3.8) is 0 Å². The standard InChI is InChI=1S/C22H22N2O/c1-2-3-4-8-16-9-5-11-18-15-24(22(25)20(16)18)19-13-6-10-17-12-7-14-23-21(17)19/h5-7,9-14H,2-4,8,15H2,1H3. The van der Waals surface area contributed by atoms with Crippen LogP contribution < -0.4 is 4.90 Å². The van der Waals surface area contributed by atoms with Crippen molar-refractivity contribution >= 4 is 22.5 Å². The SMILES string of the molecule is CCCCCc1cccc2c1C(=O)N(c1cccc3cccnc13)C2. The monoisotopic (exact) mass is 330 g/mol. The third kappa shape index (κ3) is 2.80. The lowest BCUT2D eigenvalue weighted by atomic mass is 9.98. The lowest BCUT2D eigenvalue weighted by molar-refractivity contribution is 0.0996. The summed E-state index contributed by atoms with van der Waals surface area (Å²) in [6, 6.07) is 16.3. The summed E-state index contributed by atoms with van der Waals surface area (Å²) in [6.07, 6.45) is 6.29. The Hall–Kier alpha value is -2.68. The second kappa shape index (κ2) is 6.67. The number of hydrogen-bond donors (Lipinski definition) is 0. The van der Waals surface area contributed by atoms with E-state index in [1.807, 2.05) is 35.2 Å². The summed E-state index contributed by atoms with van der Waals surface area (Å²) < 4.78 is 0. The molecule has 0 saturated heterocycles. The lowest BCUT2D eigenvalue weighted by Crippen LogP contribution is -2.24. The summed E-state index contributed by atoms with van der Waals surface area (Å²) in [5.41, 5.74) is 5.02. The molecule has 0 bridgehead atoms. The Morgan fingerprint density at radius 3 is 2.76 bits per heavy atom. The third-order valence-corrected chi connectivity index (χ3v) is 4.98. The molecule has 0 saturated carbocycles. The number of carbonyl (C=O) groups is 1. The number of aryl methyl sites for hydroxylation is 1. The van der Waals surface area contributed by atoms with Crippen LogP contribution in [-0.4, -0.2) is 10.9 Å². The molecule has 25 heavy (non-hydrogen) atoms. The quantitative estimate of drug-likeness (QED) is 0.608. The molecule has 1 amide bonds. The van der Waals surface area contributed by atoms with Crippen LogP contribution >= 0.6 is 0 Å². The zero-order valence-electron chi connectivity index (χ0n) is 14.5. The van der Waals surface area contributed by atoms with Gasteiger partial charge in [0.2, 0.25) is 0 Å². The molecule has 1 aliphatic heterocycles. The Morgan fingerprint density at radius 2 is 1.88 bits per heavy atom. The Balaban J connectivity index is 1.72. The smallest absolute Gasteiger partial charge is 0.259 e. The molecule has 1 aromatic heterocycles. The van der Waals surface area contributed by atoms with Gasteiger partial charge < -0.3 is 4.90 Å². The van der Waals surface area contributed by atoms with E-state index in [0.29, 0.717) is 6.54 Å². The van der Waals surface area contributed by atoms with E-state index in [-0.39, 0.29) is 5.91 Å². The van der Waals surface area contributed by atoms with Gasteiger partial charge in [-0.25, -0.2) is 0 Å². The van der Waals surface area contributed by atoms with Gasteiger partial charge in [-0.3, -0.25) is 9.78 Å². The molecule has 0 spiro atoms. The Kier molecular flexibility index (Phi) is 4.22. The molecule has 0 radical (unpaired) electrons. The number of carbonyl (C=O) groups excluding carboxylic acids is 1. The number of aromatic nitrogens is 1. The summed E-state index contributed by atoms with van der Waals surface area (Å²) in [5.74, 6) is 0.111. The number of unbranched alkanes of at least 4 members (excludes halogenated alkanes) is 2. The van der Waals surface area contributed by atoms with Crippen LogP contribution in [0.15, 0.2) is 54.7 Å². The van der Waals surface area contributed by atoms with E-state index in [2.05, 4.69) is 30.1 Å². The number of nitrogens with zero attached hydrogens (tertiary/aromatic N) is 2. The molecule has 4 rings (SSSR count). The van der Waals surface area contributed by atoms with Gasteiger partial charge in [-0.2, -0.15) is 0 Å². The molecule has 0 aliphatic carbocycles. The molecule has 0 atom stereocenters. The van der Waals surface area contributed by atoms with Crippen LogP contribution in [0, 0.1) is 0 Å². The van der Waals surface area contributed by atoms with Gasteiger partial charge in [0.25, 0.3) is 5.91 Å². The van der Waals surface area contributed by atoms with Crippen molar-refractivity contribution < 1.29 is 4.79 Å². The number of rotatable bonds is 5. The second-order valence-electron chi connectivity index (χ2n) is 6.65. The molecular formula is C22H22N2O. The highest BCUT2D eigenvalue weighted by Crippen LogP contribution is 2.34. The van der Waals surface area contributed by atoms with E-state index >= 15 is 0 Å². The van der Waals surface area contributed by atoms with Gasteiger partial charge in [-0.05, 0) is 36.1 Å². The molecule has 2 aromatic carbocycles. The summed E-state index contributed by atoms with van der Waals surface area (Å²) in [5, 5.41) is 1.06. The number of amides is 1. The van der Waals surface area contributed by atoms with E-state index in [0.717, 1.165) is 40.6 Å². The van der Waals surface area contributed by atoms with Crippen molar-refractivity contribution in [1.29, 1.82) is 0 Å². The van der Waals surface area contributed by atoms with Crippen molar-refractivity contribution in [1.82, 2.24) is 4.98 Å². The van der Waals surface area contributed by atoms with Gasteiger partial charge >= 0.3 is 0 Å². The predicted molar refractivity (Wildman–Crippen MR) is 102 cm³/mol. The first kappa shape index (κ1) is 15.8. The van der Waals surface area contributed by atoms with Crippen LogP contribution in [0.1, 0.15) is 47.7 Å². The normalized spacial score (nSPS) is 13.5. The maximum absolute atomic E-state index is 13.2. The largest absolute Gasteiger partial charge is 0.302 e. The van der Waals surface area contributed by atoms with Crippen molar-refractivity contribution in [2.24, 2.45) is 0 Å². The molecular weight excluding hydrogens is 308 g/mol. The molecule has 3 nitrogen and oxygen atoms in total. The zero-order chi connectivity index (χ0) is 17.2. The zero-order valence-corrected chi connectivity index (χ0v) is 14.5. The fourth-order valence-corrected chi connectivity index (χ4v) is 3.71. The molecule has 2 heterocycles. The summed E-state index contributed by atoms with van der Waals surface area (Å²) in [7, 11) is 0. The number of pyridine rings is 1. The molecule has 1 aliphatic rings. The first-order chi connectivity index (χ1) is 12.3. The minimum absolute atomic E-state index is 0.111. The van der Waals surface area contributed by atoms with Crippen LogP contribution in [0.4, 0.5) is 5.69 Å². The van der Waals surface area contributed by atoms with Crippen LogP contribution in [0.2, 0.25) is 0 Å². The van der Waals surface area contributed by atoms with Crippen molar-refractivity contribution in [3.05, 3.63) is 71.4 Å². The summed E-state index contributed by atoms with van der Waals surface area (Å²) >= 11 is 0. The van der Waals surface area contributed by atoms with Crippen molar-refractivity contribution in [2.45, 2.75) is 39.2 Å². The maximum atomic E-state index is 13.2. The first-order valence-corrected chi connectivity index (χ1v) is 9.06. The van der Waals surface area contributed by atoms with Gasteiger partial charge in [0.05, 0.1) is 17.7 Å². The first-order valence-electron chi connectivity index (χ1n) is 9.06.